The third-order valence-electron chi connectivity index (χ3n) is 2.92. The van der Waals surface area contributed by atoms with Gasteiger partial charge in [0.2, 0.25) is 0 Å². The van der Waals surface area contributed by atoms with Gasteiger partial charge in [-0.15, -0.1) is 0 Å². The fraction of sp³-hybridized carbons (Fsp3) is 0.357. The Labute approximate surface area is 125 Å². The highest BCUT2D eigenvalue weighted by atomic mass is 79.9. The first-order valence-electron chi connectivity index (χ1n) is 6.38. The molecule has 0 atom stereocenters. The maximum atomic E-state index is 13.5. The van der Waals surface area contributed by atoms with Gasteiger partial charge in [-0.2, -0.15) is 0 Å². The molecule has 2 rings (SSSR count). The van der Waals surface area contributed by atoms with Crippen molar-refractivity contribution in [1.82, 2.24) is 10.6 Å². The van der Waals surface area contributed by atoms with Crippen LogP contribution in [0.1, 0.15) is 6.42 Å². The molecule has 20 heavy (non-hydrogen) atoms. The monoisotopic (exact) mass is 342 g/mol. The molecule has 1 amide bonds. The second kappa shape index (κ2) is 7.40. The van der Waals surface area contributed by atoms with E-state index in [1.54, 1.807) is 6.07 Å². The van der Waals surface area contributed by atoms with E-state index in [9.17, 15) is 9.18 Å². The van der Waals surface area contributed by atoms with Gasteiger partial charge in [0.05, 0.1) is 0 Å². The van der Waals surface area contributed by atoms with Crippen LogP contribution in [0.3, 0.4) is 0 Å². The minimum atomic E-state index is -0.492. The van der Waals surface area contributed by atoms with E-state index in [-0.39, 0.29) is 18.3 Å². The number of carbonyl (C=O) groups is 1. The van der Waals surface area contributed by atoms with Gasteiger partial charge in [0, 0.05) is 17.6 Å². The standard InChI is InChI=1S/C14H16BrFN2O2/c15-11-1-2-13(12(16)7-11)20-9-14(19)18-8-10-3-5-17-6-4-10/h1-3,7,17H,4-6,8-9H2,(H,18,19). The predicted molar refractivity (Wildman–Crippen MR) is 78.2 cm³/mol. The van der Waals surface area contributed by atoms with Crippen LogP contribution in [0.25, 0.3) is 0 Å². The van der Waals surface area contributed by atoms with Gasteiger partial charge in [0.25, 0.3) is 5.91 Å². The van der Waals surface area contributed by atoms with E-state index < -0.39 is 5.82 Å². The van der Waals surface area contributed by atoms with E-state index in [1.807, 2.05) is 0 Å². The van der Waals surface area contributed by atoms with Gasteiger partial charge in [-0.3, -0.25) is 4.79 Å². The van der Waals surface area contributed by atoms with Crippen LogP contribution < -0.4 is 15.4 Å². The predicted octanol–water partition coefficient (Wildman–Crippen LogP) is 2.00. The molecule has 1 heterocycles. The van der Waals surface area contributed by atoms with Crippen molar-refractivity contribution in [3.8, 4) is 5.75 Å². The Bertz CT molecular complexity index is 520. The lowest BCUT2D eigenvalue weighted by molar-refractivity contribution is -0.122. The molecule has 0 saturated carbocycles. The summed E-state index contributed by atoms with van der Waals surface area (Å²) >= 11 is 3.16. The third-order valence-corrected chi connectivity index (χ3v) is 3.42. The summed E-state index contributed by atoms with van der Waals surface area (Å²) in [7, 11) is 0. The zero-order chi connectivity index (χ0) is 14.4. The number of rotatable bonds is 5. The average molecular weight is 343 g/mol. The van der Waals surface area contributed by atoms with Crippen LogP contribution in [0.5, 0.6) is 5.75 Å². The molecule has 0 radical (unpaired) electrons. The fourth-order valence-corrected chi connectivity index (χ4v) is 2.16. The molecule has 4 nitrogen and oxygen atoms in total. The highest BCUT2D eigenvalue weighted by Crippen LogP contribution is 2.21. The van der Waals surface area contributed by atoms with Crippen LogP contribution >= 0.6 is 15.9 Å². The molecule has 2 N–H and O–H groups in total. The first kappa shape index (κ1) is 15.0. The molecule has 1 aromatic carbocycles. The summed E-state index contributed by atoms with van der Waals surface area (Å²) in [5, 5.41) is 5.96. The second-order valence-electron chi connectivity index (χ2n) is 4.46. The zero-order valence-corrected chi connectivity index (χ0v) is 12.5. The smallest absolute Gasteiger partial charge is 0.258 e. The quantitative estimate of drug-likeness (QED) is 0.804. The topological polar surface area (TPSA) is 50.4 Å². The van der Waals surface area contributed by atoms with Gasteiger partial charge >= 0.3 is 0 Å². The first-order valence-corrected chi connectivity index (χ1v) is 7.17. The molecule has 0 aromatic heterocycles. The van der Waals surface area contributed by atoms with Crippen molar-refractivity contribution in [3.63, 3.8) is 0 Å². The molecule has 0 bridgehead atoms. The van der Waals surface area contributed by atoms with E-state index in [0.717, 1.165) is 19.5 Å². The SMILES string of the molecule is O=C(COc1ccc(Br)cc1F)NCC1=CCNCC1. The maximum absolute atomic E-state index is 13.5. The van der Waals surface area contributed by atoms with E-state index in [1.165, 1.54) is 17.7 Å². The number of benzene rings is 1. The lowest BCUT2D eigenvalue weighted by Crippen LogP contribution is -2.32. The zero-order valence-electron chi connectivity index (χ0n) is 10.9. The van der Waals surface area contributed by atoms with Crippen LogP contribution in [-0.4, -0.2) is 32.1 Å². The van der Waals surface area contributed by atoms with E-state index in [2.05, 4.69) is 32.6 Å². The van der Waals surface area contributed by atoms with Crippen molar-refractivity contribution in [2.45, 2.75) is 6.42 Å². The Balaban J connectivity index is 1.75. The van der Waals surface area contributed by atoms with E-state index >= 15 is 0 Å². The summed E-state index contributed by atoms with van der Waals surface area (Å²) in [5.74, 6) is -0.676. The second-order valence-corrected chi connectivity index (χ2v) is 5.37. The number of amides is 1. The molecule has 108 valence electrons. The van der Waals surface area contributed by atoms with Gasteiger partial charge in [-0.25, -0.2) is 4.39 Å². The average Bonchev–Trinajstić information content (AvgIpc) is 2.45. The molecule has 0 spiro atoms. The summed E-state index contributed by atoms with van der Waals surface area (Å²) in [6.45, 7) is 2.10. The molecule has 1 aliphatic rings. The molecular formula is C14H16BrFN2O2. The molecule has 6 heteroatoms. The van der Waals surface area contributed by atoms with Crippen molar-refractivity contribution in [2.24, 2.45) is 0 Å². The van der Waals surface area contributed by atoms with Gasteiger partial charge < -0.3 is 15.4 Å². The van der Waals surface area contributed by atoms with E-state index in [0.29, 0.717) is 11.0 Å². The van der Waals surface area contributed by atoms with Crippen LogP contribution in [0.4, 0.5) is 4.39 Å². The molecule has 0 fully saturated rings. The Kier molecular flexibility index (Phi) is 5.55. The van der Waals surface area contributed by atoms with Crippen molar-refractivity contribution < 1.29 is 13.9 Å². The highest BCUT2D eigenvalue weighted by molar-refractivity contribution is 9.10. The van der Waals surface area contributed by atoms with Crippen molar-refractivity contribution >= 4 is 21.8 Å². The Morgan fingerprint density at radius 3 is 3.05 bits per heavy atom. The molecule has 0 saturated heterocycles. The number of halogens is 2. The Morgan fingerprint density at radius 1 is 1.50 bits per heavy atom. The summed E-state index contributed by atoms with van der Waals surface area (Å²) in [5.41, 5.74) is 1.20. The van der Waals surface area contributed by atoms with Crippen LogP contribution in [0.2, 0.25) is 0 Å². The summed E-state index contributed by atoms with van der Waals surface area (Å²) in [6.07, 6.45) is 3.00. The van der Waals surface area contributed by atoms with Crippen LogP contribution in [-0.2, 0) is 4.79 Å². The van der Waals surface area contributed by atoms with Gasteiger partial charge in [-0.05, 0) is 31.2 Å². The number of carbonyl (C=O) groups excluding carboxylic acids is 1. The van der Waals surface area contributed by atoms with Gasteiger partial charge in [0.15, 0.2) is 18.2 Å². The molecule has 0 aliphatic carbocycles. The first-order chi connectivity index (χ1) is 9.65. The fourth-order valence-electron chi connectivity index (χ4n) is 1.83. The molecular weight excluding hydrogens is 327 g/mol. The number of ether oxygens (including phenoxy) is 1. The highest BCUT2D eigenvalue weighted by Gasteiger charge is 2.08. The number of nitrogens with one attached hydrogen (secondary N) is 2. The number of hydrogen-bond acceptors (Lipinski definition) is 3. The van der Waals surface area contributed by atoms with Gasteiger partial charge in [0.1, 0.15) is 0 Å². The lowest BCUT2D eigenvalue weighted by Gasteiger charge is -2.14. The normalized spacial score (nSPS) is 14.6. The Hall–Kier alpha value is -1.40. The largest absolute Gasteiger partial charge is 0.481 e. The Morgan fingerprint density at radius 2 is 2.35 bits per heavy atom. The minimum Gasteiger partial charge on any atom is -0.481 e. The van der Waals surface area contributed by atoms with Crippen LogP contribution in [0, 0.1) is 5.82 Å². The van der Waals surface area contributed by atoms with E-state index in [4.69, 9.17) is 4.74 Å². The molecule has 1 aromatic rings. The van der Waals surface area contributed by atoms with Crippen molar-refractivity contribution in [3.05, 3.63) is 40.1 Å². The molecule has 1 aliphatic heterocycles. The maximum Gasteiger partial charge on any atom is 0.258 e. The summed E-state index contributed by atoms with van der Waals surface area (Å²) < 4.78 is 19.3. The lowest BCUT2D eigenvalue weighted by atomic mass is 10.1. The van der Waals surface area contributed by atoms with Crippen molar-refractivity contribution in [1.29, 1.82) is 0 Å². The summed E-state index contributed by atoms with van der Waals surface area (Å²) in [6, 6.07) is 4.45. The number of hydrogen-bond donors (Lipinski definition) is 2. The third kappa shape index (κ3) is 4.61. The van der Waals surface area contributed by atoms with Crippen molar-refractivity contribution in [2.75, 3.05) is 26.2 Å². The van der Waals surface area contributed by atoms with Crippen LogP contribution in [0.15, 0.2) is 34.3 Å². The molecule has 0 unspecified atom stereocenters. The van der Waals surface area contributed by atoms with Gasteiger partial charge in [-0.1, -0.05) is 27.6 Å². The summed E-state index contributed by atoms with van der Waals surface area (Å²) in [4.78, 5) is 11.6. The minimum absolute atomic E-state index is 0.0735.